The molecule has 1 atom stereocenters. The van der Waals surface area contributed by atoms with E-state index in [2.05, 4.69) is 5.32 Å². The largest absolute Gasteiger partial charge is 0.497 e. The Bertz CT molecular complexity index is 1110. The van der Waals surface area contributed by atoms with E-state index in [1.807, 2.05) is 0 Å². The Morgan fingerprint density at radius 1 is 1.23 bits per heavy atom. The van der Waals surface area contributed by atoms with Gasteiger partial charge in [-0.3, -0.25) is 4.79 Å². The molecule has 1 saturated heterocycles. The van der Waals surface area contributed by atoms with E-state index in [9.17, 15) is 26.4 Å². The van der Waals surface area contributed by atoms with Gasteiger partial charge in [-0.2, -0.15) is 17.5 Å². The highest BCUT2D eigenvalue weighted by atomic mass is 35.5. The molecule has 0 spiro atoms. The van der Waals surface area contributed by atoms with E-state index in [4.69, 9.17) is 16.3 Å². The Hall–Kier alpha value is -2.30. The first-order chi connectivity index (χ1) is 14.4. The van der Waals surface area contributed by atoms with Gasteiger partial charge >= 0.3 is 6.18 Å². The lowest BCUT2D eigenvalue weighted by molar-refractivity contribution is -0.137. The number of ether oxygens (including phenoxy) is 1. The third kappa shape index (κ3) is 4.81. The first-order valence-corrected chi connectivity index (χ1v) is 11.1. The Morgan fingerprint density at radius 3 is 2.58 bits per heavy atom. The number of benzene rings is 2. The second-order valence-electron chi connectivity index (χ2n) is 7.08. The molecule has 0 unspecified atom stereocenters. The second-order valence-corrected chi connectivity index (χ2v) is 9.38. The number of nitrogens with zero attached hydrogens (tertiary/aromatic N) is 1. The van der Waals surface area contributed by atoms with Crippen molar-refractivity contribution < 1.29 is 31.1 Å². The first-order valence-electron chi connectivity index (χ1n) is 9.29. The number of methoxy groups -OCH3 is 1. The van der Waals surface area contributed by atoms with Crippen LogP contribution in [0.1, 0.15) is 24.0 Å². The minimum atomic E-state index is -4.74. The normalized spacial score (nSPS) is 17.5. The van der Waals surface area contributed by atoms with Gasteiger partial charge in [0.1, 0.15) is 11.8 Å². The Morgan fingerprint density at radius 2 is 1.94 bits per heavy atom. The van der Waals surface area contributed by atoms with Crippen LogP contribution in [0.4, 0.5) is 18.9 Å². The van der Waals surface area contributed by atoms with Crippen LogP contribution in [0, 0.1) is 6.92 Å². The zero-order valence-corrected chi connectivity index (χ0v) is 18.2. The number of hydrogen-bond acceptors (Lipinski definition) is 4. The summed E-state index contributed by atoms with van der Waals surface area (Å²) in [6.45, 7) is 1.69. The smallest absolute Gasteiger partial charge is 0.418 e. The molecule has 3 rings (SSSR count). The van der Waals surface area contributed by atoms with Crippen LogP contribution in [0.5, 0.6) is 5.75 Å². The number of carbonyl (C=O) groups excluding carboxylic acids is 1. The van der Waals surface area contributed by atoms with E-state index in [0.717, 1.165) is 10.4 Å². The van der Waals surface area contributed by atoms with E-state index in [1.54, 1.807) is 19.1 Å². The standard InChI is InChI=1S/C20H20ClF3N2O4S/c1-12-5-7-14(30-2)11-18(12)31(28,29)26-9-3-4-17(26)19(27)25-16-8-6-13(21)10-15(16)20(22,23)24/h5-8,10-11,17H,3-4,9H2,1-2H3,(H,25,27)/t17-/m0/s1. The molecule has 2 aromatic carbocycles. The van der Waals surface area contributed by atoms with Crippen LogP contribution in [0.2, 0.25) is 5.02 Å². The third-order valence-electron chi connectivity index (χ3n) is 5.03. The quantitative estimate of drug-likeness (QED) is 0.691. The lowest BCUT2D eigenvalue weighted by Gasteiger charge is -2.25. The zero-order chi connectivity index (χ0) is 23.0. The minimum Gasteiger partial charge on any atom is -0.497 e. The fourth-order valence-electron chi connectivity index (χ4n) is 3.48. The van der Waals surface area contributed by atoms with E-state index < -0.39 is 39.4 Å². The summed E-state index contributed by atoms with van der Waals surface area (Å²) in [5.74, 6) is -0.505. The first kappa shape index (κ1) is 23.4. The Balaban J connectivity index is 1.92. The predicted molar refractivity (Wildman–Crippen MR) is 110 cm³/mol. The average Bonchev–Trinajstić information content (AvgIpc) is 3.20. The van der Waals surface area contributed by atoms with Crippen LogP contribution in [-0.4, -0.2) is 38.3 Å². The van der Waals surface area contributed by atoms with Crippen molar-refractivity contribution in [1.29, 1.82) is 0 Å². The van der Waals surface area contributed by atoms with Gasteiger partial charge in [0.2, 0.25) is 15.9 Å². The molecule has 31 heavy (non-hydrogen) atoms. The topological polar surface area (TPSA) is 75.7 Å². The fraction of sp³-hybridized carbons (Fsp3) is 0.350. The average molecular weight is 477 g/mol. The van der Waals surface area contributed by atoms with Crippen LogP contribution < -0.4 is 10.1 Å². The molecule has 0 aliphatic carbocycles. The van der Waals surface area contributed by atoms with Crippen LogP contribution in [-0.2, 0) is 21.0 Å². The molecular formula is C20H20ClF3N2O4S. The highest BCUT2D eigenvalue weighted by molar-refractivity contribution is 7.89. The summed E-state index contributed by atoms with van der Waals surface area (Å²) in [7, 11) is -2.68. The van der Waals surface area contributed by atoms with Gasteiger partial charge in [-0.25, -0.2) is 8.42 Å². The summed E-state index contributed by atoms with van der Waals surface area (Å²) in [5.41, 5.74) is -1.13. The van der Waals surface area contributed by atoms with Crippen molar-refractivity contribution >= 4 is 33.2 Å². The SMILES string of the molecule is COc1ccc(C)c(S(=O)(=O)N2CCC[C@H]2C(=O)Nc2ccc(Cl)cc2C(F)(F)F)c1. The number of alkyl halides is 3. The van der Waals surface area contributed by atoms with Gasteiger partial charge in [0.25, 0.3) is 0 Å². The summed E-state index contributed by atoms with van der Waals surface area (Å²) in [6, 6.07) is 6.38. The van der Waals surface area contributed by atoms with Gasteiger partial charge in [0, 0.05) is 17.6 Å². The highest BCUT2D eigenvalue weighted by Gasteiger charge is 2.41. The minimum absolute atomic E-state index is 0.0194. The van der Waals surface area contributed by atoms with E-state index >= 15 is 0 Å². The molecular weight excluding hydrogens is 457 g/mol. The van der Waals surface area contributed by atoms with E-state index in [-0.39, 0.29) is 22.9 Å². The van der Waals surface area contributed by atoms with E-state index in [1.165, 1.54) is 19.2 Å². The lowest BCUT2D eigenvalue weighted by atomic mass is 10.1. The number of rotatable bonds is 5. The Labute approximate surface area is 183 Å². The molecule has 1 fully saturated rings. The van der Waals surface area contributed by atoms with Gasteiger partial charge < -0.3 is 10.1 Å². The van der Waals surface area contributed by atoms with Gasteiger partial charge in [0.05, 0.1) is 23.3 Å². The Kier molecular flexibility index (Phi) is 6.54. The maximum absolute atomic E-state index is 13.3. The molecule has 0 bridgehead atoms. The van der Waals surface area contributed by atoms with Crippen molar-refractivity contribution in [2.24, 2.45) is 0 Å². The molecule has 1 N–H and O–H groups in total. The van der Waals surface area contributed by atoms with Crippen LogP contribution in [0.25, 0.3) is 0 Å². The molecule has 1 amide bonds. The second kappa shape index (κ2) is 8.68. The summed E-state index contributed by atoms with van der Waals surface area (Å²) < 4.78 is 72.6. The van der Waals surface area contributed by atoms with Gasteiger partial charge in [-0.15, -0.1) is 0 Å². The van der Waals surface area contributed by atoms with Crippen molar-refractivity contribution in [3.63, 3.8) is 0 Å². The predicted octanol–water partition coefficient (Wildman–Crippen LogP) is 4.47. The molecule has 2 aromatic rings. The number of amides is 1. The molecule has 0 saturated carbocycles. The molecule has 1 aliphatic heterocycles. The van der Waals surface area contributed by atoms with E-state index in [0.29, 0.717) is 23.8 Å². The number of sulfonamides is 1. The fourth-order valence-corrected chi connectivity index (χ4v) is 5.55. The molecule has 168 valence electrons. The number of nitrogens with one attached hydrogen (secondary N) is 1. The van der Waals surface area contributed by atoms with Crippen LogP contribution in [0.15, 0.2) is 41.3 Å². The number of carbonyl (C=O) groups is 1. The summed E-state index contributed by atoms with van der Waals surface area (Å²) in [4.78, 5) is 12.8. The zero-order valence-electron chi connectivity index (χ0n) is 16.7. The van der Waals surface area contributed by atoms with Gasteiger partial charge in [-0.05, 0) is 49.6 Å². The molecule has 6 nitrogen and oxygen atoms in total. The van der Waals surface area contributed by atoms with Crippen LogP contribution in [0.3, 0.4) is 0 Å². The van der Waals surface area contributed by atoms with Gasteiger partial charge in [-0.1, -0.05) is 17.7 Å². The lowest BCUT2D eigenvalue weighted by Crippen LogP contribution is -2.43. The summed E-state index contributed by atoms with van der Waals surface area (Å²) in [6.07, 6.45) is -4.16. The van der Waals surface area contributed by atoms with Crippen molar-refractivity contribution in [2.75, 3.05) is 19.0 Å². The highest BCUT2D eigenvalue weighted by Crippen LogP contribution is 2.37. The van der Waals surface area contributed by atoms with Crippen LogP contribution >= 0.6 is 11.6 Å². The maximum atomic E-state index is 13.3. The van der Waals surface area contributed by atoms with Crippen molar-refractivity contribution in [2.45, 2.75) is 36.9 Å². The summed E-state index contributed by atoms with van der Waals surface area (Å²) in [5, 5.41) is 2.09. The van der Waals surface area contributed by atoms with Gasteiger partial charge in [0.15, 0.2) is 0 Å². The van der Waals surface area contributed by atoms with Crippen molar-refractivity contribution in [1.82, 2.24) is 4.31 Å². The van der Waals surface area contributed by atoms with Crippen molar-refractivity contribution in [3.05, 3.63) is 52.5 Å². The maximum Gasteiger partial charge on any atom is 0.418 e. The molecule has 0 aromatic heterocycles. The monoisotopic (exact) mass is 476 g/mol. The van der Waals surface area contributed by atoms with Crippen molar-refractivity contribution in [3.8, 4) is 5.75 Å². The number of hydrogen-bond donors (Lipinski definition) is 1. The number of anilines is 1. The molecule has 0 radical (unpaired) electrons. The number of halogens is 4. The molecule has 1 aliphatic rings. The molecule has 11 heteroatoms. The summed E-state index contributed by atoms with van der Waals surface area (Å²) >= 11 is 5.67. The third-order valence-corrected chi connectivity index (χ3v) is 7.32. The molecule has 1 heterocycles. The number of aryl methyl sites for hydroxylation is 1.